The average Bonchev–Trinajstić information content (AvgIpc) is 2.37. The molecule has 0 saturated heterocycles. The van der Waals surface area contributed by atoms with Crippen molar-refractivity contribution in [2.45, 2.75) is 31.2 Å². The predicted octanol–water partition coefficient (Wildman–Crippen LogP) is 3.22. The van der Waals surface area contributed by atoms with Crippen LogP contribution < -0.4 is 5.32 Å². The molecule has 0 aliphatic rings. The van der Waals surface area contributed by atoms with Crippen LogP contribution in [0.15, 0.2) is 23.1 Å². The second kappa shape index (κ2) is 7.22. The fraction of sp³-hybridized carbons (Fsp3) is 0.538. The van der Waals surface area contributed by atoms with Crippen LogP contribution >= 0.6 is 11.6 Å². The molecule has 18 heavy (non-hydrogen) atoms. The summed E-state index contributed by atoms with van der Waals surface area (Å²) in [4.78, 5) is 0.574. The van der Waals surface area contributed by atoms with E-state index in [1.54, 1.807) is 0 Å². The molecule has 102 valence electrons. The molecule has 1 rings (SSSR count). The highest BCUT2D eigenvalue weighted by Gasteiger charge is 2.18. The van der Waals surface area contributed by atoms with E-state index in [9.17, 15) is 8.60 Å². The SMILES string of the molecule is CCC(C)C(CS(=O)c1ccc(F)c(Cl)c1)NC. The van der Waals surface area contributed by atoms with E-state index in [1.807, 2.05) is 7.05 Å². The number of benzene rings is 1. The Morgan fingerprint density at radius 2 is 2.17 bits per heavy atom. The summed E-state index contributed by atoms with van der Waals surface area (Å²) in [5, 5.41) is 3.20. The standard InChI is InChI=1S/C13H19ClFNOS/c1-4-9(2)13(16-3)8-18(17)10-5-6-12(15)11(14)7-10/h5-7,9,13,16H,4,8H2,1-3H3. The van der Waals surface area contributed by atoms with Crippen LogP contribution in [0.1, 0.15) is 20.3 Å². The Morgan fingerprint density at radius 1 is 1.50 bits per heavy atom. The average molecular weight is 292 g/mol. The van der Waals surface area contributed by atoms with Crippen molar-refractivity contribution >= 4 is 22.4 Å². The molecule has 3 unspecified atom stereocenters. The monoisotopic (exact) mass is 291 g/mol. The lowest BCUT2D eigenvalue weighted by Crippen LogP contribution is -2.36. The highest BCUT2D eigenvalue weighted by Crippen LogP contribution is 2.20. The maximum absolute atomic E-state index is 13.0. The lowest BCUT2D eigenvalue weighted by atomic mass is 10.0. The quantitative estimate of drug-likeness (QED) is 0.872. The maximum atomic E-state index is 13.0. The first-order chi connectivity index (χ1) is 8.49. The Kier molecular flexibility index (Phi) is 6.26. The molecule has 0 bridgehead atoms. The largest absolute Gasteiger partial charge is 0.316 e. The van der Waals surface area contributed by atoms with Gasteiger partial charge in [-0.25, -0.2) is 4.39 Å². The summed E-state index contributed by atoms with van der Waals surface area (Å²) in [5.41, 5.74) is 0. The van der Waals surface area contributed by atoms with Gasteiger partial charge in [0.25, 0.3) is 0 Å². The molecule has 0 fully saturated rings. The van der Waals surface area contributed by atoms with Crippen molar-refractivity contribution in [2.75, 3.05) is 12.8 Å². The Morgan fingerprint density at radius 3 is 2.67 bits per heavy atom. The van der Waals surface area contributed by atoms with E-state index in [-0.39, 0.29) is 11.1 Å². The Balaban J connectivity index is 2.77. The van der Waals surface area contributed by atoms with Gasteiger partial charge in [-0.15, -0.1) is 0 Å². The number of hydrogen-bond acceptors (Lipinski definition) is 2. The van der Waals surface area contributed by atoms with E-state index >= 15 is 0 Å². The van der Waals surface area contributed by atoms with Gasteiger partial charge in [0.15, 0.2) is 0 Å². The number of nitrogens with one attached hydrogen (secondary N) is 1. The van der Waals surface area contributed by atoms with Crippen molar-refractivity contribution in [3.8, 4) is 0 Å². The molecule has 1 N–H and O–H groups in total. The molecule has 1 aromatic carbocycles. The summed E-state index contributed by atoms with van der Waals surface area (Å²) < 4.78 is 25.2. The smallest absolute Gasteiger partial charge is 0.141 e. The Hall–Kier alpha value is -0.450. The molecular formula is C13H19ClFNOS. The summed E-state index contributed by atoms with van der Waals surface area (Å²) in [7, 11) is 0.699. The van der Waals surface area contributed by atoms with Gasteiger partial charge in [-0.1, -0.05) is 31.9 Å². The molecule has 0 aliphatic carbocycles. The highest BCUT2D eigenvalue weighted by atomic mass is 35.5. The van der Waals surface area contributed by atoms with Gasteiger partial charge in [-0.2, -0.15) is 0 Å². The van der Waals surface area contributed by atoms with E-state index in [0.29, 0.717) is 16.6 Å². The molecule has 0 aliphatic heterocycles. The molecule has 3 atom stereocenters. The second-order valence-electron chi connectivity index (χ2n) is 4.37. The first-order valence-corrected chi connectivity index (χ1v) is 7.70. The third-order valence-corrected chi connectivity index (χ3v) is 4.92. The molecule has 0 spiro atoms. The summed E-state index contributed by atoms with van der Waals surface area (Å²) >= 11 is 5.69. The minimum Gasteiger partial charge on any atom is -0.316 e. The van der Waals surface area contributed by atoms with Crippen molar-refractivity contribution in [3.63, 3.8) is 0 Å². The molecular weight excluding hydrogens is 273 g/mol. The summed E-state index contributed by atoms with van der Waals surface area (Å²) in [6.45, 7) is 4.22. The summed E-state index contributed by atoms with van der Waals surface area (Å²) in [6.07, 6.45) is 1.02. The molecule has 1 aromatic rings. The second-order valence-corrected chi connectivity index (χ2v) is 6.27. The molecule has 2 nitrogen and oxygen atoms in total. The molecule has 0 amide bonds. The van der Waals surface area contributed by atoms with Gasteiger partial charge in [0, 0.05) is 16.7 Å². The first-order valence-electron chi connectivity index (χ1n) is 6.00. The van der Waals surface area contributed by atoms with Gasteiger partial charge >= 0.3 is 0 Å². The topological polar surface area (TPSA) is 29.1 Å². The van der Waals surface area contributed by atoms with Crippen molar-refractivity contribution in [2.24, 2.45) is 5.92 Å². The lowest BCUT2D eigenvalue weighted by molar-refractivity contribution is 0.418. The van der Waals surface area contributed by atoms with Gasteiger partial charge in [0.1, 0.15) is 5.82 Å². The number of rotatable bonds is 6. The van der Waals surface area contributed by atoms with Gasteiger partial charge in [-0.3, -0.25) is 4.21 Å². The van der Waals surface area contributed by atoms with E-state index in [1.165, 1.54) is 18.2 Å². The highest BCUT2D eigenvalue weighted by molar-refractivity contribution is 7.85. The van der Waals surface area contributed by atoms with Gasteiger partial charge in [0.05, 0.1) is 15.8 Å². The van der Waals surface area contributed by atoms with Crippen molar-refractivity contribution in [3.05, 3.63) is 29.0 Å². The number of halogens is 2. The van der Waals surface area contributed by atoms with E-state index in [2.05, 4.69) is 19.2 Å². The molecule has 0 heterocycles. The normalized spacial score (nSPS) is 16.3. The minimum atomic E-state index is -1.17. The van der Waals surface area contributed by atoms with Crippen molar-refractivity contribution < 1.29 is 8.60 Å². The van der Waals surface area contributed by atoms with Gasteiger partial charge in [0.2, 0.25) is 0 Å². The maximum Gasteiger partial charge on any atom is 0.141 e. The Labute approximate surface area is 115 Å². The third kappa shape index (κ3) is 4.04. The van der Waals surface area contributed by atoms with Crippen LogP contribution in [-0.2, 0) is 10.8 Å². The van der Waals surface area contributed by atoms with Crippen LogP contribution in [0.25, 0.3) is 0 Å². The van der Waals surface area contributed by atoms with E-state index in [4.69, 9.17) is 11.6 Å². The van der Waals surface area contributed by atoms with Crippen molar-refractivity contribution in [1.29, 1.82) is 0 Å². The first kappa shape index (κ1) is 15.6. The van der Waals surface area contributed by atoms with E-state index in [0.717, 1.165) is 6.42 Å². The lowest BCUT2D eigenvalue weighted by Gasteiger charge is -2.21. The predicted molar refractivity (Wildman–Crippen MR) is 75.0 cm³/mol. The summed E-state index contributed by atoms with van der Waals surface area (Å²) in [5.74, 6) is 0.465. The number of hydrogen-bond donors (Lipinski definition) is 1. The third-order valence-electron chi connectivity index (χ3n) is 3.19. The Bertz CT molecular complexity index is 427. The van der Waals surface area contributed by atoms with E-state index < -0.39 is 16.6 Å². The zero-order valence-corrected chi connectivity index (χ0v) is 12.4. The van der Waals surface area contributed by atoms with Crippen LogP contribution in [0, 0.1) is 11.7 Å². The minimum absolute atomic E-state index is 0.0189. The fourth-order valence-electron chi connectivity index (χ4n) is 1.69. The molecule has 0 radical (unpaired) electrons. The van der Waals surface area contributed by atoms with Crippen LogP contribution in [-0.4, -0.2) is 23.1 Å². The molecule has 0 saturated carbocycles. The zero-order valence-electron chi connectivity index (χ0n) is 10.9. The van der Waals surface area contributed by atoms with Gasteiger partial charge in [-0.05, 0) is 31.2 Å². The van der Waals surface area contributed by atoms with Crippen molar-refractivity contribution in [1.82, 2.24) is 5.32 Å². The zero-order chi connectivity index (χ0) is 13.7. The molecule has 5 heteroatoms. The van der Waals surface area contributed by atoms with Gasteiger partial charge < -0.3 is 5.32 Å². The van der Waals surface area contributed by atoms with Crippen LogP contribution in [0.3, 0.4) is 0 Å². The van der Waals surface area contributed by atoms with Crippen LogP contribution in [0.4, 0.5) is 4.39 Å². The summed E-state index contributed by atoms with van der Waals surface area (Å²) in [6, 6.07) is 4.41. The van der Waals surface area contributed by atoms with Crippen LogP contribution in [0.2, 0.25) is 5.02 Å². The molecule has 0 aromatic heterocycles. The van der Waals surface area contributed by atoms with Crippen LogP contribution in [0.5, 0.6) is 0 Å². The fourth-order valence-corrected chi connectivity index (χ4v) is 3.42.